The van der Waals surface area contributed by atoms with E-state index < -0.39 is 0 Å². The molecule has 1 atom stereocenters. The number of piperazine rings is 1. The van der Waals surface area contributed by atoms with E-state index in [1.165, 1.54) is 5.56 Å². The molecule has 1 fully saturated rings. The molecule has 24 heavy (non-hydrogen) atoms. The van der Waals surface area contributed by atoms with E-state index in [2.05, 4.69) is 39.2 Å². The normalized spacial score (nSPS) is 17.8. The first kappa shape index (κ1) is 19.0. The highest BCUT2D eigenvalue weighted by Gasteiger charge is 2.19. The van der Waals surface area contributed by atoms with Crippen molar-refractivity contribution in [2.24, 2.45) is 10.9 Å². The van der Waals surface area contributed by atoms with Crippen LogP contribution in [0.3, 0.4) is 0 Å². The fourth-order valence-electron chi connectivity index (χ4n) is 2.69. The predicted molar refractivity (Wildman–Crippen MR) is 101 cm³/mol. The second-order valence-corrected chi connectivity index (χ2v) is 6.81. The lowest BCUT2D eigenvalue weighted by atomic mass is 10.2. The molecular formula is C18H29ClN4O. The Labute approximate surface area is 150 Å². The highest BCUT2D eigenvalue weighted by molar-refractivity contribution is 6.30. The van der Waals surface area contributed by atoms with Gasteiger partial charge in [-0.05, 0) is 30.5 Å². The molecule has 0 aliphatic carbocycles. The second-order valence-electron chi connectivity index (χ2n) is 6.37. The zero-order chi connectivity index (χ0) is 17.4. The van der Waals surface area contributed by atoms with Crippen LogP contribution < -0.4 is 5.32 Å². The van der Waals surface area contributed by atoms with Crippen molar-refractivity contribution >= 4 is 17.6 Å². The van der Waals surface area contributed by atoms with Crippen molar-refractivity contribution < 1.29 is 5.11 Å². The Kier molecular flexibility index (Phi) is 7.82. The van der Waals surface area contributed by atoms with Crippen LogP contribution >= 0.6 is 11.6 Å². The first-order chi connectivity index (χ1) is 11.6. The van der Waals surface area contributed by atoms with Gasteiger partial charge in [0.25, 0.3) is 0 Å². The summed E-state index contributed by atoms with van der Waals surface area (Å²) < 4.78 is 0. The van der Waals surface area contributed by atoms with Gasteiger partial charge in [-0.25, -0.2) is 0 Å². The van der Waals surface area contributed by atoms with Gasteiger partial charge in [0.05, 0.1) is 0 Å². The maximum Gasteiger partial charge on any atom is 0.194 e. The molecule has 1 saturated heterocycles. The van der Waals surface area contributed by atoms with Crippen LogP contribution in [0.5, 0.6) is 0 Å². The molecule has 0 saturated carbocycles. The number of hydrogen-bond donors (Lipinski definition) is 2. The molecule has 134 valence electrons. The third-order valence-corrected chi connectivity index (χ3v) is 4.44. The summed E-state index contributed by atoms with van der Waals surface area (Å²) in [7, 11) is 0. The average molecular weight is 353 g/mol. The molecular weight excluding hydrogens is 324 g/mol. The smallest absolute Gasteiger partial charge is 0.194 e. The lowest BCUT2D eigenvalue weighted by Crippen LogP contribution is -2.52. The third-order valence-electron chi connectivity index (χ3n) is 4.19. The molecule has 1 aliphatic rings. The van der Waals surface area contributed by atoms with E-state index in [-0.39, 0.29) is 12.5 Å². The van der Waals surface area contributed by atoms with Crippen molar-refractivity contribution in [3.05, 3.63) is 34.9 Å². The fourth-order valence-corrected chi connectivity index (χ4v) is 2.82. The van der Waals surface area contributed by atoms with Gasteiger partial charge in [-0.3, -0.25) is 9.89 Å². The molecule has 1 aromatic rings. The Balaban J connectivity index is 1.86. The molecule has 0 spiro atoms. The van der Waals surface area contributed by atoms with Gasteiger partial charge < -0.3 is 15.3 Å². The molecule has 0 amide bonds. The standard InChI is InChI=1S/C18H29ClN4O/c1-3-20-18(21-12-15(2)14-24)23-10-8-22(9-11-23)13-16-4-6-17(19)7-5-16/h4-7,15,24H,3,8-14H2,1-2H3,(H,20,21). The van der Waals surface area contributed by atoms with Crippen LogP contribution in [0.1, 0.15) is 19.4 Å². The van der Waals surface area contributed by atoms with E-state index >= 15 is 0 Å². The van der Waals surface area contributed by atoms with Gasteiger partial charge in [0.15, 0.2) is 5.96 Å². The quantitative estimate of drug-likeness (QED) is 0.607. The van der Waals surface area contributed by atoms with E-state index in [9.17, 15) is 0 Å². The molecule has 1 aliphatic heterocycles. The van der Waals surface area contributed by atoms with Crippen LogP contribution in [-0.2, 0) is 6.54 Å². The van der Waals surface area contributed by atoms with Gasteiger partial charge in [0.1, 0.15) is 0 Å². The van der Waals surface area contributed by atoms with E-state index in [4.69, 9.17) is 16.7 Å². The molecule has 1 aromatic carbocycles. The zero-order valence-electron chi connectivity index (χ0n) is 14.7. The Morgan fingerprint density at radius 3 is 2.50 bits per heavy atom. The SMILES string of the molecule is CCNC(=NCC(C)CO)N1CCN(Cc2ccc(Cl)cc2)CC1. The minimum Gasteiger partial charge on any atom is -0.396 e. The van der Waals surface area contributed by atoms with E-state index in [1.807, 2.05) is 19.1 Å². The van der Waals surface area contributed by atoms with Crippen molar-refractivity contribution in [1.82, 2.24) is 15.1 Å². The molecule has 2 rings (SSSR count). The van der Waals surface area contributed by atoms with Crippen molar-refractivity contribution in [2.45, 2.75) is 20.4 Å². The lowest BCUT2D eigenvalue weighted by Gasteiger charge is -2.36. The number of halogens is 1. The summed E-state index contributed by atoms with van der Waals surface area (Å²) >= 11 is 5.94. The Morgan fingerprint density at radius 1 is 1.25 bits per heavy atom. The largest absolute Gasteiger partial charge is 0.396 e. The van der Waals surface area contributed by atoms with Crippen LogP contribution in [0.4, 0.5) is 0 Å². The topological polar surface area (TPSA) is 51.1 Å². The van der Waals surface area contributed by atoms with Crippen LogP contribution in [0, 0.1) is 5.92 Å². The molecule has 0 bridgehead atoms. The van der Waals surface area contributed by atoms with Gasteiger partial charge in [-0.15, -0.1) is 0 Å². The summed E-state index contributed by atoms with van der Waals surface area (Å²) in [6, 6.07) is 8.09. The number of benzene rings is 1. The minimum absolute atomic E-state index is 0.178. The number of nitrogens with zero attached hydrogens (tertiary/aromatic N) is 3. The molecule has 0 aromatic heterocycles. The third kappa shape index (κ3) is 5.96. The fraction of sp³-hybridized carbons (Fsp3) is 0.611. The van der Waals surface area contributed by atoms with Gasteiger partial charge in [0.2, 0.25) is 0 Å². The van der Waals surface area contributed by atoms with Crippen LogP contribution in [-0.4, -0.2) is 66.7 Å². The van der Waals surface area contributed by atoms with Crippen molar-refractivity contribution in [3.63, 3.8) is 0 Å². The van der Waals surface area contributed by atoms with Gasteiger partial charge in [-0.2, -0.15) is 0 Å². The number of rotatable bonds is 6. The van der Waals surface area contributed by atoms with Crippen LogP contribution in [0.2, 0.25) is 5.02 Å². The molecule has 6 heteroatoms. The Morgan fingerprint density at radius 2 is 1.92 bits per heavy atom. The molecule has 0 radical (unpaired) electrons. The monoisotopic (exact) mass is 352 g/mol. The highest BCUT2D eigenvalue weighted by Crippen LogP contribution is 2.13. The first-order valence-corrected chi connectivity index (χ1v) is 9.11. The number of guanidine groups is 1. The maximum atomic E-state index is 9.16. The van der Waals surface area contributed by atoms with E-state index in [0.717, 1.165) is 50.3 Å². The highest BCUT2D eigenvalue weighted by atomic mass is 35.5. The predicted octanol–water partition coefficient (Wildman–Crippen LogP) is 2.05. The summed E-state index contributed by atoms with van der Waals surface area (Å²) in [5.74, 6) is 1.16. The van der Waals surface area contributed by atoms with Crippen molar-refractivity contribution in [1.29, 1.82) is 0 Å². The number of aliphatic hydroxyl groups is 1. The molecule has 1 unspecified atom stereocenters. The summed E-state index contributed by atoms with van der Waals surface area (Å²) in [4.78, 5) is 9.43. The first-order valence-electron chi connectivity index (χ1n) is 8.73. The van der Waals surface area contributed by atoms with Crippen LogP contribution in [0.25, 0.3) is 0 Å². The zero-order valence-corrected chi connectivity index (χ0v) is 15.5. The Bertz CT molecular complexity index is 512. The van der Waals surface area contributed by atoms with E-state index in [0.29, 0.717) is 6.54 Å². The molecule has 1 heterocycles. The van der Waals surface area contributed by atoms with Crippen molar-refractivity contribution in [2.75, 3.05) is 45.9 Å². The number of hydrogen-bond acceptors (Lipinski definition) is 3. The number of aliphatic imine (C=N–C) groups is 1. The second kappa shape index (κ2) is 9.87. The molecule has 5 nitrogen and oxygen atoms in total. The van der Waals surface area contributed by atoms with Gasteiger partial charge >= 0.3 is 0 Å². The molecule has 2 N–H and O–H groups in total. The van der Waals surface area contributed by atoms with Gasteiger partial charge in [0, 0.05) is 57.4 Å². The summed E-state index contributed by atoms with van der Waals surface area (Å²) in [6.07, 6.45) is 0. The van der Waals surface area contributed by atoms with Crippen LogP contribution in [0.15, 0.2) is 29.3 Å². The summed E-state index contributed by atoms with van der Waals surface area (Å²) in [5.41, 5.74) is 1.30. The Hall–Kier alpha value is -1.30. The maximum absolute atomic E-state index is 9.16. The van der Waals surface area contributed by atoms with Gasteiger partial charge in [-0.1, -0.05) is 30.7 Å². The number of nitrogens with one attached hydrogen (secondary N) is 1. The average Bonchev–Trinajstić information content (AvgIpc) is 2.61. The number of aliphatic hydroxyl groups excluding tert-OH is 1. The van der Waals surface area contributed by atoms with E-state index in [1.54, 1.807) is 0 Å². The van der Waals surface area contributed by atoms with Crippen molar-refractivity contribution in [3.8, 4) is 0 Å². The summed E-state index contributed by atoms with van der Waals surface area (Å²) in [5, 5.41) is 13.3. The summed E-state index contributed by atoms with van der Waals surface area (Å²) in [6.45, 7) is 10.7. The minimum atomic E-state index is 0.178. The lowest BCUT2D eigenvalue weighted by molar-refractivity contribution is 0.172.